The summed E-state index contributed by atoms with van der Waals surface area (Å²) in [6, 6.07) is 18.9. The summed E-state index contributed by atoms with van der Waals surface area (Å²) in [5.41, 5.74) is -12.6. The van der Waals surface area contributed by atoms with E-state index in [1.165, 1.54) is 0 Å². The van der Waals surface area contributed by atoms with Crippen molar-refractivity contribution >= 4 is 56.3 Å². The van der Waals surface area contributed by atoms with Crippen LogP contribution in [0.25, 0.3) is 10.9 Å². The minimum Gasteiger partial charge on any atom is -0.287 e. The third-order valence-corrected chi connectivity index (χ3v) is 10.3. The highest BCUT2D eigenvalue weighted by molar-refractivity contribution is 7.20. The van der Waals surface area contributed by atoms with Gasteiger partial charge in [-0.2, -0.15) is 4.57 Å². The number of nitrogens with zero attached hydrogens (tertiary/aromatic N) is 1. The summed E-state index contributed by atoms with van der Waals surface area (Å²) in [7, 11) is 0. The van der Waals surface area contributed by atoms with Gasteiger partial charge in [0.2, 0.25) is 17.8 Å². The Morgan fingerprint density at radius 2 is 0.692 bits per heavy atom. The maximum atomic E-state index is 15.4. The van der Waals surface area contributed by atoms with Crippen LogP contribution in [-0.4, -0.2) is 11.9 Å². The molecule has 7 rings (SSSR count). The van der Waals surface area contributed by atoms with Crippen molar-refractivity contribution in [3.8, 4) is 0 Å². The standard InChI is InChI=1S/C24BF20.C17H13ClNO/c26-5-1(6(27)14(35)21(42)13(5)34)25(2-7(28)15(36)22(43)16(37)8(2)29,3-9(30)17(38)23(44)18(39)10(3)31)4-11(32)19(40)24(45)20(41)12(4)33;18-15-9-4-10-16-14(15)8-5-11-19(16)12-17(20)13-6-2-1-3-7-13/h;1-11H,12H2/q-1;+1. The lowest BCUT2D eigenvalue weighted by Gasteiger charge is -2.44. The summed E-state index contributed by atoms with van der Waals surface area (Å²) in [5, 5.41) is 1.65. The molecule has 2 nitrogen and oxygen atoms in total. The molecule has 0 saturated carbocycles. The summed E-state index contributed by atoms with van der Waals surface area (Å²) in [6.07, 6.45) is -5.31. The van der Waals surface area contributed by atoms with E-state index < -0.39 is 144 Å². The van der Waals surface area contributed by atoms with Gasteiger partial charge in [0.05, 0.1) is 10.4 Å². The molecule has 0 aliphatic carbocycles. The van der Waals surface area contributed by atoms with Crippen LogP contribution in [0.1, 0.15) is 10.4 Å². The van der Waals surface area contributed by atoms with E-state index in [4.69, 9.17) is 11.6 Å². The van der Waals surface area contributed by atoms with Gasteiger partial charge in [0.1, 0.15) is 52.7 Å². The lowest BCUT2D eigenvalue weighted by Crippen LogP contribution is -2.81. The third-order valence-electron chi connectivity index (χ3n) is 9.99. The number of hydrogen-bond acceptors (Lipinski definition) is 1. The smallest absolute Gasteiger partial charge is 0.227 e. The maximum Gasteiger partial charge on any atom is 0.227 e. The Bertz CT molecular complexity index is 2730. The van der Waals surface area contributed by atoms with Gasteiger partial charge in [-0.15, -0.1) is 21.9 Å². The van der Waals surface area contributed by atoms with Crippen molar-refractivity contribution in [3.63, 3.8) is 0 Å². The van der Waals surface area contributed by atoms with Crippen LogP contribution >= 0.6 is 11.6 Å². The number of carbonyl (C=O) groups excluding carboxylic acids is 1. The number of aromatic nitrogens is 1. The molecule has 0 saturated heterocycles. The fourth-order valence-electron chi connectivity index (χ4n) is 7.15. The number of carbonyl (C=O) groups is 1. The number of ketones is 1. The van der Waals surface area contributed by atoms with Gasteiger partial charge >= 0.3 is 0 Å². The molecule has 0 amide bonds. The Hall–Kier alpha value is -6.65. The molecule has 0 aliphatic rings. The first-order valence-electron chi connectivity index (χ1n) is 17.3. The normalized spacial score (nSPS) is 11.6. The minimum absolute atomic E-state index is 0.0862. The molecule has 1 heterocycles. The molecular weight excluding hydrogens is 949 g/mol. The van der Waals surface area contributed by atoms with E-state index in [-0.39, 0.29) is 5.78 Å². The fraction of sp³-hybridized carbons (Fsp3) is 0.0244. The quantitative estimate of drug-likeness (QED) is 0.0390. The molecule has 0 aliphatic heterocycles. The number of Topliss-reactive ketones (excluding diaryl/α,β-unsaturated/α-hetero) is 1. The molecule has 0 N–H and O–H groups in total. The van der Waals surface area contributed by atoms with Crippen LogP contribution in [-0.2, 0) is 6.54 Å². The molecule has 0 unspecified atom stereocenters. The van der Waals surface area contributed by atoms with Gasteiger partial charge in [-0.1, -0.05) is 48.0 Å². The molecular formula is C41H13BClF20NO. The number of rotatable bonds is 7. The largest absolute Gasteiger partial charge is 0.287 e. The van der Waals surface area contributed by atoms with Crippen molar-refractivity contribution in [3.05, 3.63) is 194 Å². The topological polar surface area (TPSA) is 20.9 Å². The van der Waals surface area contributed by atoms with Gasteiger partial charge in [-0.25, -0.2) is 87.8 Å². The van der Waals surface area contributed by atoms with E-state index >= 15 is 35.1 Å². The predicted molar refractivity (Wildman–Crippen MR) is 189 cm³/mol. The van der Waals surface area contributed by atoms with Crippen LogP contribution < -0.4 is 26.4 Å². The highest BCUT2D eigenvalue weighted by Gasteiger charge is 2.52. The molecule has 0 bridgehead atoms. The second kappa shape index (κ2) is 17.7. The highest BCUT2D eigenvalue weighted by atomic mass is 35.5. The van der Waals surface area contributed by atoms with E-state index in [1.54, 1.807) is 0 Å². The summed E-state index contributed by atoms with van der Waals surface area (Å²) in [4.78, 5) is 12.3. The van der Waals surface area contributed by atoms with Gasteiger partial charge in [-0.05, 0) is 12.1 Å². The van der Waals surface area contributed by atoms with Crippen molar-refractivity contribution in [1.82, 2.24) is 0 Å². The molecule has 7 aromatic rings. The average Bonchev–Trinajstić information content (AvgIpc) is 3.29. The van der Waals surface area contributed by atoms with Crippen LogP contribution in [0.15, 0.2) is 66.9 Å². The molecule has 24 heteroatoms. The first kappa shape index (κ1) is 47.8. The van der Waals surface area contributed by atoms with Crippen molar-refractivity contribution < 1.29 is 97.2 Å². The van der Waals surface area contributed by atoms with Gasteiger partial charge in [0.25, 0.3) is 0 Å². The summed E-state index contributed by atoms with van der Waals surface area (Å²) in [6.45, 7) is 0.307. The first-order chi connectivity index (χ1) is 30.5. The predicted octanol–water partition coefficient (Wildman–Crippen LogP) is 9.51. The number of pyridine rings is 1. The number of hydrogen-bond donors (Lipinski definition) is 0. The second-order valence-electron chi connectivity index (χ2n) is 13.4. The van der Waals surface area contributed by atoms with Crippen LogP contribution in [0.3, 0.4) is 0 Å². The Labute approximate surface area is 353 Å². The van der Waals surface area contributed by atoms with Crippen LogP contribution in [0.2, 0.25) is 5.02 Å². The molecule has 338 valence electrons. The Balaban J connectivity index is 0.000000289. The molecule has 0 fully saturated rings. The van der Waals surface area contributed by atoms with Crippen LogP contribution in [0.4, 0.5) is 87.8 Å². The first-order valence-corrected chi connectivity index (χ1v) is 17.7. The van der Waals surface area contributed by atoms with Gasteiger partial charge in [0.15, 0.2) is 76.0 Å². The molecule has 6 aromatic carbocycles. The van der Waals surface area contributed by atoms with Crippen molar-refractivity contribution in [1.29, 1.82) is 0 Å². The van der Waals surface area contributed by atoms with E-state index in [0.717, 1.165) is 16.5 Å². The number of benzene rings is 6. The summed E-state index contributed by atoms with van der Waals surface area (Å²) >= 11 is 6.18. The lowest BCUT2D eigenvalue weighted by atomic mass is 9.12. The fourth-order valence-corrected chi connectivity index (χ4v) is 7.38. The number of fused-ring (bicyclic) bond motifs is 1. The van der Waals surface area contributed by atoms with E-state index in [2.05, 4.69) is 0 Å². The van der Waals surface area contributed by atoms with Crippen molar-refractivity contribution in [2.24, 2.45) is 0 Å². The Kier molecular flexibility index (Phi) is 13.0. The monoisotopic (exact) mass is 961 g/mol. The van der Waals surface area contributed by atoms with Crippen LogP contribution in [0, 0.1) is 116 Å². The molecule has 1 aromatic heterocycles. The second-order valence-corrected chi connectivity index (χ2v) is 13.8. The highest BCUT2D eigenvalue weighted by Crippen LogP contribution is 2.31. The molecule has 0 spiro atoms. The minimum atomic E-state index is -7.22. The third kappa shape index (κ3) is 7.47. The average molecular weight is 962 g/mol. The zero-order valence-corrected chi connectivity index (χ0v) is 31.7. The van der Waals surface area contributed by atoms with Gasteiger partial charge < -0.3 is 0 Å². The van der Waals surface area contributed by atoms with Crippen molar-refractivity contribution in [2.45, 2.75) is 6.54 Å². The van der Waals surface area contributed by atoms with E-state index in [9.17, 15) is 57.5 Å². The maximum absolute atomic E-state index is 15.4. The molecule has 0 atom stereocenters. The molecule has 65 heavy (non-hydrogen) atoms. The zero-order valence-electron chi connectivity index (χ0n) is 30.9. The van der Waals surface area contributed by atoms with Crippen LogP contribution in [0.5, 0.6) is 0 Å². The van der Waals surface area contributed by atoms with Gasteiger partial charge in [0, 0.05) is 17.7 Å². The molecule has 0 radical (unpaired) electrons. The Morgan fingerprint density at radius 3 is 1.02 bits per heavy atom. The van der Waals surface area contributed by atoms with E-state index in [1.807, 2.05) is 71.4 Å². The summed E-state index contributed by atoms with van der Waals surface area (Å²) in [5.74, 6) is -71.3. The number of halogens is 21. The van der Waals surface area contributed by atoms with Crippen molar-refractivity contribution in [2.75, 3.05) is 0 Å². The van der Waals surface area contributed by atoms with Gasteiger partial charge in [-0.3, -0.25) is 4.79 Å². The van der Waals surface area contributed by atoms with E-state index in [0.29, 0.717) is 11.6 Å². The summed E-state index contributed by atoms with van der Waals surface area (Å²) < 4.78 is 296. The Morgan fingerprint density at radius 1 is 0.385 bits per heavy atom. The zero-order chi connectivity index (χ0) is 48.3. The lowest BCUT2D eigenvalue weighted by molar-refractivity contribution is -0.657. The SMILES string of the molecule is Fc1c(F)c(F)c([B-](c2c(F)c(F)c(F)c(F)c2F)(c2c(F)c(F)c(F)c(F)c2F)c2c(F)c(F)c(F)c(F)c2F)c(F)c1F.O=C(C[n+]1cccc2c(Cl)cccc21)c1ccccc1.